The molecule has 2 rings (SSSR count). The second-order valence-electron chi connectivity index (χ2n) is 2.85. The molecule has 0 aromatic rings. The Kier molecular flexibility index (Phi) is 1.72. The molecule has 0 aromatic heterocycles. The molecule has 8 heteroatoms. The number of hydroxylamine groups is 2. The van der Waals surface area contributed by atoms with Crippen LogP contribution >= 0.6 is 0 Å². The summed E-state index contributed by atoms with van der Waals surface area (Å²) < 4.78 is 30.1. The molecule has 0 radical (unpaired) electrons. The van der Waals surface area contributed by atoms with E-state index in [1.165, 1.54) is 0 Å². The second kappa shape index (κ2) is 2.56. The predicted octanol–water partition coefficient (Wildman–Crippen LogP) is -1.39. The first-order valence-electron chi connectivity index (χ1n) is 3.65. The van der Waals surface area contributed by atoms with Gasteiger partial charge in [0.25, 0.3) is 0 Å². The quantitative estimate of drug-likeness (QED) is 0.571. The van der Waals surface area contributed by atoms with Gasteiger partial charge in [-0.3, -0.25) is 0 Å². The minimum absolute atomic E-state index is 0.106. The molecule has 0 saturated carbocycles. The van der Waals surface area contributed by atoms with E-state index in [0.717, 1.165) is 5.06 Å². The second-order valence-corrected chi connectivity index (χ2v) is 3.98. The molecule has 74 valence electrons. The van der Waals surface area contributed by atoms with E-state index < -0.39 is 22.5 Å². The third-order valence-corrected chi connectivity index (χ3v) is 2.47. The van der Waals surface area contributed by atoms with Gasteiger partial charge in [-0.1, -0.05) is 0 Å². The molecule has 0 spiro atoms. The Labute approximate surface area is 74.9 Å². The highest BCUT2D eigenvalue weighted by Crippen LogP contribution is 2.22. The van der Waals surface area contributed by atoms with Crippen LogP contribution in [0, 0.1) is 0 Å². The van der Waals surface area contributed by atoms with Crippen LogP contribution in [0.3, 0.4) is 0 Å². The van der Waals surface area contributed by atoms with Crippen molar-refractivity contribution in [2.24, 2.45) is 4.99 Å². The molecule has 1 saturated heterocycles. The zero-order valence-electron chi connectivity index (χ0n) is 6.74. The number of hydrogen-bond acceptors (Lipinski definition) is 7. The van der Waals surface area contributed by atoms with Gasteiger partial charge in [0, 0.05) is 0 Å². The third-order valence-electron chi connectivity index (χ3n) is 1.76. The highest BCUT2D eigenvalue weighted by Gasteiger charge is 2.42. The molecule has 2 aliphatic heterocycles. The van der Waals surface area contributed by atoms with Crippen LogP contribution in [0.1, 0.15) is 6.92 Å². The third kappa shape index (κ3) is 1.47. The first-order chi connectivity index (χ1) is 5.98. The molecular weight excluding hydrogens is 200 g/mol. The van der Waals surface area contributed by atoms with E-state index in [1.807, 2.05) is 0 Å². The van der Waals surface area contributed by atoms with Gasteiger partial charge in [-0.2, -0.15) is 13.5 Å². The highest BCUT2D eigenvalue weighted by molar-refractivity contribution is 7.82. The van der Waals surface area contributed by atoms with Crippen molar-refractivity contribution in [1.29, 1.82) is 0 Å². The molecule has 13 heavy (non-hydrogen) atoms. The molecule has 2 aliphatic rings. The molecule has 2 atom stereocenters. The van der Waals surface area contributed by atoms with E-state index >= 15 is 0 Å². The van der Waals surface area contributed by atoms with Crippen LogP contribution in [0.4, 0.5) is 0 Å². The number of aliphatic imine (C=N–C) groups is 1. The van der Waals surface area contributed by atoms with Crippen LogP contribution in [0.2, 0.25) is 0 Å². The van der Waals surface area contributed by atoms with Crippen LogP contribution in [-0.2, 0) is 18.9 Å². The molecule has 0 amide bonds. The summed E-state index contributed by atoms with van der Waals surface area (Å²) in [5.41, 5.74) is 0. The maximum Gasteiger partial charge on any atom is 0.473 e. The Morgan fingerprint density at radius 3 is 3.00 bits per heavy atom. The number of aliphatic hydroxyl groups is 1. The van der Waals surface area contributed by atoms with Crippen molar-refractivity contribution in [3.63, 3.8) is 0 Å². The average Bonchev–Trinajstić information content (AvgIpc) is 2.39. The number of aliphatic hydroxyl groups excluding tert-OH is 1. The number of amidine groups is 1. The molecule has 0 aliphatic carbocycles. The predicted molar refractivity (Wildman–Crippen MR) is 40.7 cm³/mol. The lowest BCUT2D eigenvalue weighted by atomic mass is 10.2. The van der Waals surface area contributed by atoms with E-state index in [-0.39, 0.29) is 12.6 Å². The van der Waals surface area contributed by atoms with Gasteiger partial charge in [0.05, 0.1) is 12.6 Å². The van der Waals surface area contributed by atoms with Crippen molar-refractivity contribution in [1.82, 2.24) is 5.06 Å². The monoisotopic (exact) mass is 208 g/mol. The Bertz CT molecular complexity index is 348. The molecule has 1 N–H and O–H groups in total. The molecule has 0 aromatic carbocycles. The molecule has 0 bridgehead atoms. The van der Waals surface area contributed by atoms with E-state index in [2.05, 4.69) is 13.5 Å². The minimum Gasteiger partial charge on any atom is -0.391 e. The SMILES string of the molecule is CC(O)C1CN2OS(=O)(=O)OC2=N1. The van der Waals surface area contributed by atoms with E-state index in [0.29, 0.717) is 0 Å². The van der Waals surface area contributed by atoms with Crippen molar-refractivity contribution in [2.75, 3.05) is 6.54 Å². The molecule has 2 heterocycles. The zero-order valence-corrected chi connectivity index (χ0v) is 7.56. The minimum atomic E-state index is -3.94. The Hall–Kier alpha value is -0.860. The van der Waals surface area contributed by atoms with Gasteiger partial charge in [-0.15, -0.1) is 4.28 Å². The average molecular weight is 208 g/mol. The number of hydrogen-bond donors (Lipinski definition) is 1. The van der Waals surface area contributed by atoms with Crippen LogP contribution in [0.5, 0.6) is 0 Å². The largest absolute Gasteiger partial charge is 0.473 e. The van der Waals surface area contributed by atoms with Crippen molar-refractivity contribution < 1.29 is 22.0 Å². The van der Waals surface area contributed by atoms with Gasteiger partial charge in [-0.05, 0) is 6.92 Å². The van der Waals surface area contributed by atoms with E-state index in [9.17, 15) is 8.42 Å². The fourth-order valence-electron chi connectivity index (χ4n) is 1.10. The topological polar surface area (TPSA) is 88.4 Å². The Balaban J connectivity index is 2.19. The Morgan fingerprint density at radius 1 is 1.77 bits per heavy atom. The summed E-state index contributed by atoms with van der Waals surface area (Å²) >= 11 is 0. The first kappa shape index (κ1) is 8.73. The van der Waals surface area contributed by atoms with Crippen molar-refractivity contribution >= 4 is 16.4 Å². The van der Waals surface area contributed by atoms with Crippen molar-refractivity contribution in [3.8, 4) is 0 Å². The lowest BCUT2D eigenvalue weighted by Gasteiger charge is -2.10. The summed E-state index contributed by atoms with van der Waals surface area (Å²) in [4.78, 5) is 3.81. The summed E-state index contributed by atoms with van der Waals surface area (Å²) in [6.07, 6.45) is -0.659. The van der Waals surface area contributed by atoms with Crippen LogP contribution < -0.4 is 0 Å². The highest BCUT2D eigenvalue weighted by atomic mass is 32.3. The fraction of sp³-hybridized carbons (Fsp3) is 0.800. The zero-order chi connectivity index (χ0) is 9.64. The van der Waals surface area contributed by atoms with Gasteiger partial charge >= 0.3 is 16.4 Å². The lowest BCUT2D eigenvalue weighted by Crippen LogP contribution is -2.29. The van der Waals surface area contributed by atoms with Crippen LogP contribution in [0.15, 0.2) is 4.99 Å². The number of fused-ring (bicyclic) bond motifs is 1. The van der Waals surface area contributed by atoms with Crippen LogP contribution in [-0.4, -0.2) is 43.3 Å². The van der Waals surface area contributed by atoms with Gasteiger partial charge in [0.15, 0.2) is 0 Å². The summed E-state index contributed by atoms with van der Waals surface area (Å²) in [5.74, 6) is 0. The maximum atomic E-state index is 10.7. The summed E-state index contributed by atoms with van der Waals surface area (Å²) in [7, 11) is -3.94. The van der Waals surface area contributed by atoms with Gasteiger partial charge in [0.1, 0.15) is 6.04 Å². The summed E-state index contributed by atoms with van der Waals surface area (Å²) in [6.45, 7) is 1.75. The molecule has 7 nitrogen and oxygen atoms in total. The number of nitrogens with zero attached hydrogens (tertiary/aromatic N) is 2. The first-order valence-corrected chi connectivity index (χ1v) is 4.99. The standard InChI is InChI=1S/C5H8N2O5S/c1-3(8)4-2-7-5(6-4)11-13(9,10)12-7/h3-4,8H,2H2,1H3. The summed E-state index contributed by atoms with van der Waals surface area (Å²) in [5, 5.41) is 10.1. The maximum absolute atomic E-state index is 10.7. The summed E-state index contributed by atoms with van der Waals surface area (Å²) in [6, 6.07) is -0.503. The van der Waals surface area contributed by atoms with Crippen LogP contribution in [0.25, 0.3) is 0 Å². The molecule has 2 unspecified atom stereocenters. The van der Waals surface area contributed by atoms with Gasteiger partial charge in [-0.25, -0.2) is 4.99 Å². The smallest absolute Gasteiger partial charge is 0.391 e. The lowest BCUT2D eigenvalue weighted by molar-refractivity contribution is 0.0329. The van der Waals surface area contributed by atoms with Crippen molar-refractivity contribution in [2.45, 2.75) is 19.1 Å². The number of rotatable bonds is 1. The molecule has 1 fully saturated rings. The fourth-order valence-corrected chi connectivity index (χ4v) is 1.78. The van der Waals surface area contributed by atoms with E-state index in [4.69, 9.17) is 5.11 Å². The molecular formula is C5H8N2O5S. The van der Waals surface area contributed by atoms with Crippen molar-refractivity contribution in [3.05, 3.63) is 0 Å². The Morgan fingerprint density at radius 2 is 2.46 bits per heavy atom. The van der Waals surface area contributed by atoms with Gasteiger partial charge < -0.3 is 9.29 Å². The van der Waals surface area contributed by atoms with E-state index in [1.54, 1.807) is 6.92 Å². The van der Waals surface area contributed by atoms with Gasteiger partial charge in [0.2, 0.25) is 0 Å². The normalized spacial score (nSPS) is 32.3.